The number of carbonyl (C=O) groups excluding carboxylic acids is 2. The van der Waals surface area contributed by atoms with Crippen molar-refractivity contribution >= 4 is 17.9 Å². The van der Waals surface area contributed by atoms with Crippen LogP contribution in [0.3, 0.4) is 0 Å². The van der Waals surface area contributed by atoms with Gasteiger partial charge in [0.1, 0.15) is 5.82 Å². The summed E-state index contributed by atoms with van der Waals surface area (Å²) < 4.78 is 13.5. The van der Waals surface area contributed by atoms with Crippen molar-refractivity contribution in [3.05, 3.63) is 89.9 Å². The molecule has 1 aliphatic carbocycles. The number of nitrogens with zero attached hydrogens (tertiary/aromatic N) is 3. The maximum atomic E-state index is 13.5. The van der Waals surface area contributed by atoms with Crippen LogP contribution in [-0.2, 0) is 11.2 Å². The topological polar surface area (TPSA) is 103 Å². The minimum Gasteiger partial charge on any atom is -0.465 e. The Morgan fingerprint density at radius 1 is 1.00 bits per heavy atom. The van der Waals surface area contributed by atoms with Crippen LogP contribution < -0.4 is 5.32 Å². The lowest BCUT2D eigenvalue weighted by molar-refractivity contribution is -0.141. The first-order valence-electron chi connectivity index (χ1n) is 14.1. The summed E-state index contributed by atoms with van der Waals surface area (Å²) in [5, 5.41) is 12.9. The third-order valence-electron chi connectivity index (χ3n) is 8.30. The Labute approximate surface area is 239 Å². The molecule has 0 unspecified atom stereocenters. The smallest absolute Gasteiger partial charge is 0.407 e. The number of hydrogen-bond acceptors (Lipinski definition) is 4. The lowest BCUT2D eigenvalue weighted by atomic mass is 9.83. The van der Waals surface area contributed by atoms with E-state index in [0.717, 1.165) is 5.56 Å². The quantitative estimate of drug-likeness (QED) is 0.443. The fraction of sp³-hybridized carbons (Fsp3) is 0.375. The maximum absolute atomic E-state index is 13.5. The van der Waals surface area contributed by atoms with E-state index < -0.39 is 11.6 Å². The second kappa shape index (κ2) is 12.1. The van der Waals surface area contributed by atoms with Crippen molar-refractivity contribution in [2.24, 2.45) is 5.92 Å². The fourth-order valence-corrected chi connectivity index (χ4v) is 6.13. The van der Waals surface area contributed by atoms with Crippen molar-refractivity contribution in [2.45, 2.75) is 50.6 Å². The Balaban J connectivity index is 1.15. The van der Waals surface area contributed by atoms with Gasteiger partial charge >= 0.3 is 6.09 Å². The van der Waals surface area contributed by atoms with Crippen LogP contribution in [0.2, 0.25) is 0 Å². The summed E-state index contributed by atoms with van der Waals surface area (Å²) >= 11 is 0. The molecular weight excluding hydrogens is 523 g/mol. The van der Waals surface area contributed by atoms with Crippen molar-refractivity contribution in [2.75, 3.05) is 19.6 Å². The molecule has 1 aliphatic heterocycles. The van der Waals surface area contributed by atoms with E-state index in [1.807, 2.05) is 42.2 Å². The lowest BCUT2D eigenvalue weighted by Crippen LogP contribution is -2.64. The molecule has 1 aromatic heterocycles. The van der Waals surface area contributed by atoms with Gasteiger partial charge in [0.15, 0.2) is 0 Å². The first-order valence-corrected chi connectivity index (χ1v) is 14.1. The van der Waals surface area contributed by atoms with Crippen LogP contribution in [0, 0.1) is 11.7 Å². The molecule has 1 saturated carbocycles. The molecule has 8 nitrogen and oxygen atoms in total. The van der Waals surface area contributed by atoms with Crippen molar-refractivity contribution in [1.29, 1.82) is 0 Å². The van der Waals surface area contributed by atoms with E-state index in [4.69, 9.17) is 0 Å². The molecule has 1 saturated heterocycles. The highest BCUT2D eigenvalue weighted by Crippen LogP contribution is 2.31. The Morgan fingerprint density at radius 3 is 2.41 bits per heavy atom. The maximum Gasteiger partial charge on any atom is 0.407 e. The van der Waals surface area contributed by atoms with Gasteiger partial charge < -0.3 is 15.3 Å². The average molecular weight is 559 g/mol. The van der Waals surface area contributed by atoms with Crippen LogP contribution in [0.15, 0.2) is 72.9 Å². The van der Waals surface area contributed by atoms with Gasteiger partial charge in [-0.2, -0.15) is 0 Å². The number of piperazine rings is 1. The molecule has 2 aromatic carbocycles. The predicted molar refractivity (Wildman–Crippen MR) is 153 cm³/mol. The summed E-state index contributed by atoms with van der Waals surface area (Å²) in [6, 6.07) is 19.3. The SMILES string of the molecule is C[C@@]1(Cc2ccccc2)CN(C(=O)[C@H]2CC[C@H](NC(=O)c3ccc(-c4cccc(F)c4)nc3)CC2)CCN1C(=O)O. The average Bonchev–Trinajstić information content (AvgIpc) is 2.97. The third-order valence-corrected chi connectivity index (χ3v) is 8.30. The van der Waals surface area contributed by atoms with Crippen molar-refractivity contribution in [1.82, 2.24) is 20.1 Å². The highest BCUT2D eigenvalue weighted by Gasteiger charge is 2.43. The molecule has 2 aliphatic rings. The monoisotopic (exact) mass is 558 g/mol. The molecule has 2 heterocycles. The van der Waals surface area contributed by atoms with Crippen LogP contribution >= 0.6 is 0 Å². The van der Waals surface area contributed by atoms with Crippen LogP contribution in [0.1, 0.15) is 48.5 Å². The van der Waals surface area contributed by atoms with E-state index in [1.54, 1.807) is 24.3 Å². The van der Waals surface area contributed by atoms with Gasteiger partial charge in [-0.1, -0.05) is 42.5 Å². The van der Waals surface area contributed by atoms with Crippen LogP contribution in [0.4, 0.5) is 9.18 Å². The first-order chi connectivity index (χ1) is 19.7. The van der Waals surface area contributed by atoms with E-state index in [9.17, 15) is 23.9 Å². The summed E-state index contributed by atoms with van der Waals surface area (Å²) in [4.78, 5) is 46.0. The number of carboxylic acid groups (broad SMARTS) is 1. The summed E-state index contributed by atoms with van der Waals surface area (Å²) in [7, 11) is 0. The molecule has 0 radical (unpaired) electrons. The molecule has 3 amide bonds. The number of pyridine rings is 1. The number of amides is 3. The minimum absolute atomic E-state index is 0.0401. The van der Waals surface area contributed by atoms with Gasteiger partial charge in [-0.05, 0) is 68.9 Å². The molecule has 41 heavy (non-hydrogen) atoms. The number of aromatic nitrogens is 1. The van der Waals surface area contributed by atoms with Crippen LogP contribution in [0.5, 0.6) is 0 Å². The predicted octanol–water partition coefficient (Wildman–Crippen LogP) is 5.00. The van der Waals surface area contributed by atoms with Gasteiger partial charge in [-0.15, -0.1) is 0 Å². The van der Waals surface area contributed by atoms with E-state index in [-0.39, 0.29) is 36.1 Å². The number of rotatable bonds is 6. The molecule has 214 valence electrons. The van der Waals surface area contributed by atoms with Crippen LogP contribution in [-0.4, -0.2) is 69.0 Å². The van der Waals surface area contributed by atoms with Crippen molar-refractivity contribution in [3.8, 4) is 11.3 Å². The molecular formula is C32H35FN4O4. The minimum atomic E-state index is -0.967. The molecule has 3 aromatic rings. The van der Waals surface area contributed by atoms with E-state index in [1.165, 1.54) is 23.2 Å². The fourth-order valence-electron chi connectivity index (χ4n) is 6.13. The Morgan fingerprint density at radius 2 is 1.76 bits per heavy atom. The van der Waals surface area contributed by atoms with Gasteiger partial charge in [-0.25, -0.2) is 9.18 Å². The molecule has 2 fully saturated rings. The van der Waals surface area contributed by atoms with Gasteiger partial charge in [0.25, 0.3) is 5.91 Å². The Kier molecular flexibility index (Phi) is 8.33. The van der Waals surface area contributed by atoms with Gasteiger partial charge in [0, 0.05) is 43.4 Å². The zero-order chi connectivity index (χ0) is 29.0. The summed E-state index contributed by atoms with van der Waals surface area (Å²) in [5.74, 6) is -0.646. The zero-order valence-corrected chi connectivity index (χ0v) is 23.1. The molecule has 2 N–H and O–H groups in total. The second-order valence-electron chi connectivity index (χ2n) is 11.3. The Hall–Kier alpha value is -4.27. The van der Waals surface area contributed by atoms with E-state index in [2.05, 4.69) is 10.3 Å². The molecule has 0 bridgehead atoms. The first kappa shape index (κ1) is 28.3. The van der Waals surface area contributed by atoms with Gasteiger partial charge in [0.05, 0.1) is 16.8 Å². The largest absolute Gasteiger partial charge is 0.465 e. The van der Waals surface area contributed by atoms with Gasteiger partial charge in [0.2, 0.25) is 5.91 Å². The molecule has 0 spiro atoms. The highest BCUT2D eigenvalue weighted by molar-refractivity contribution is 5.94. The normalized spacial score (nSPS) is 22.7. The summed E-state index contributed by atoms with van der Waals surface area (Å²) in [6.45, 7) is 2.93. The number of halogens is 1. The number of nitrogens with one attached hydrogen (secondary N) is 1. The van der Waals surface area contributed by atoms with Crippen LogP contribution in [0.25, 0.3) is 11.3 Å². The number of benzene rings is 2. The van der Waals surface area contributed by atoms with E-state index in [0.29, 0.717) is 62.0 Å². The second-order valence-corrected chi connectivity index (χ2v) is 11.3. The molecule has 5 rings (SSSR count). The van der Waals surface area contributed by atoms with Gasteiger partial charge in [-0.3, -0.25) is 19.5 Å². The highest BCUT2D eigenvalue weighted by atomic mass is 19.1. The van der Waals surface area contributed by atoms with E-state index >= 15 is 0 Å². The third kappa shape index (κ3) is 6.56. The summed E-state index contributed by atoms with van der Waals surface area (Å²) in [6.07, 6.45) is 3.75. The number of carbonyl (C=O) groups is 3. The van der Waals surface area contributed by atoms with Crippen molar-refractivity contribution < 1.29 is 23.9 Å². The zero-order valence-electron chi connectivity index (χ0n) is 23.1. The number of hydrogen-bond donors (Lipinski definition) is 2. The van der Waals surface area contributed by atoms with Crippen molar-refractivity contribution in [3.63, 3.8) is 0 Å². The Bertz CT molecular complexity index is 1390. The summed E-state index contributed by atoms with van der Waals surface area (Å²) in [5.41, 5.74) is 1.97. The lowest BCUT2D eigenvalue weighted by Gasteiger charge is -2.48. The molecule has 1 atom stereocenters. The standard InChI is InChI=1S/C32H35FN4O4/c1-32(19-22-6-3-2-4-7-22)21-36(16-17-37(32)31(40)41)30(39)23-10-13-27(14-11-23)35-29(38)25-12-15-28(34-20-25)24-8-5-9-26(33)18-24/h2-9,12,15,18,20,23,27H,10-11,13-14,16-17,19,21H2,1H3,(H,35,38)(H,40,41)/t23-,27-,32-/m1/s1. The molecule has 9 heteroatoms.